The normalized spacial score (nSPS) is 13.3. The van der Waals surface area contributed by atoms with Crippen LogP contribution in [0.25, 0.3) is 0 Å². The van der Waals surface area contributed by atoms with Gasteiger partial charge in [0.15, 0.2) is 0 Å². The van der Waals surface area contributed by atoms with Crippen molar-refractivity contribution in [3.63, 3.8) is 0 Å². The van der Waals surface area contributed by atoms with Gasteiger partial charge in [0.25, 0.3) is 0 Å². The number of hydrogen-bond donors (Lipinski definition) is 3. The lowest BCUT2D eigenvalue weighted by atomic mass is 10.2. The van der Waals surface area contributed by atoms with Crippen molar-refractivity contribution in [3.05, 3.63) is 24.3 Å². The Morgan fingerprint density at radius 3 is 2.56 bits per heavy atom. The van der Waals surface area contributed by atoms with Crippen LogP contribution in [0.5, 0.6) is 0 Å². The van der Waals surface area contributed by atoms with Gasteiger partial charge in [-0.1, -0.05) is 26.0 Å². The minimum absolute atomic E-state index is 0.204. The topological polar surface area (TPSA) is 78.4 Å². The third-order valence-electron chi connectivity index (χ3n) is 2.51. The highest BCUT2D eigenvalue weighted by Gasteiger charge is 2.17. The molecular weight excluding hydrogens is 252 g/mol. The number of rotatable bonds is 7. The maximum absolute atomic E-state index is 12.0. The molecule has 0 radical (unpaired) electrons. The highest BCUT2D eigenvalue weighted by atomic mass is 32.2. The predicted octanol–water partition coefficient (Wildman–Crippen LogP) is 1.17. The number of anilines is 1. The first kappa shape index (κ1) is 14.9. The van der Waals surface area contributed by atoms with Crippen LogP contribution in [-0.2, 0) is 10.0 Å². The van der Waals surface area contributed by atoms with Crippen LogP contribution in [0.4, 0.5) is 5.69 Å². The number of sulfonamides is 1. The Labute approximate surface area is 108 Å². The standard InChI is InChI=1S/C12H20N2O3S/c1-3-10(15)9-13-11-7-5-6-8-12(11)18(16,17)14-4-2/h5-8,10,13-15H,3-4,9H2,1-2H3. The number of benzene rings is 1. The second-order valence-electron chi connectivity index (χ2n) is 3.94. The lowest BCUT2D eigenvalue weighted by Crippen LogP contribution is -2.25. The SMILES string of the molecule is CCNS(=O)(=O)c1ccccc1NCC(O)CC. The van der Waals surface area contributed by atoms with Crippen molar-refractivity contribution in [1.82, 2.24) is 4.72 Å². The third kappa shape index (κ3) is 3.97. The molecule has 0 spiro atoms. The van der Waals surface area contributed by atoms with Crippen LogP contribution in [0, 0.1) is 0 Å². The van der Waals surface area contributed by atoms with E-state index >= 15 is 0 Å². The summed E-state index contributed by atoms with van der Waals surface area (Å²) in [7, 11) is -3.49. The molecule has 0 aliphatic rings. The summed E-state index contributed by atoms with van der Waals surface area (Å²) in [5.74, 6) is 0. The molecule has 1 rings (SSSR count). The molecule has 0 aliphatic carbocycles. The van der Waals surface area contributed by atoms with Crippen molar-refractivity contribution in [2.75, 3.05) is 18.4 Å². The summed E-state index contributed by atoms with van der Waals surface area (Å²) in [6.07, 6.45) is 0.134. The zero-order chi connectivity index (χ0) is 13.6. The first-order chi connectivity index (χ1) is 8.51. The molecule has 18 heavy (non-hydrogen) atoms. The van der Waals surface area contributed by atoms with E-state index in [-0.39, 0.29) is 4.90 Å². The van der Waals surface area contributed by atoms with Gasteiger partial charge < -0.3 is 10.4 Å². The van der Waals surface area contributed by atoms with E-state index < -0.39 is 16.1 Å². The summed E-state index contributed by atoms with van der Waals surface area (Å²) in [5, 5.41) is 12.4. The van der Waals surface area contributed by atoms with Crippen molar-refractivity contribution in [1.29, 1.82) is 0 Å². The van der Waals surface area contributed by atoms with Gasteiger partial charge in [0.05, 0.1) is 11.8 Å². The Morgan fingerprint density at radius 1 is 1.28 bits per heavy atom. The first-order valence-electron chi connectivity index (χ1n) is 6.01. The molecule has 0 aromatic heterocycles. The molecule has 0 bridgehead atoms. The van der Waals surface area contributed by atoms with E-state index in [1.807, 2.05) is 6.92 Å². The second-order valence-corrected chi connectivity index (χ2v) is 5.68. The molecule has 3 N–H and O–H groups in total. The monoisotopic (exact) mass is 272 g/mol. The van der Waals surface area contributed by atoms with Crippen molar-refractivity contribution >= 4 is 15.7 Å². The number of para-hydroxylation sites is 1. The summed E-state index contributed by atoms with van der Waals surface area (Å²) < 4.78 is 26.4. The molecule has 0 saturated heterocycles. The number of hydrogen-bond acceptors (Lipinski definition) is 4. The molecule has 1 aromatic rings. The lowest BCUT2D eigenvalue weighted by molar-refractivity contribution is 0.183. The summed E-state index contributed by atoms with van der Waals surface area (Å²) in [5.41, 5.74) is 0.506. The fraction of sp³-hybridized carbons (Fsp3) is 0.500. The molecule has 1 atom stereocenters. The van der Waals surface area contributed by atoms with Gasteiger partial charge in [-0.15, -0.1) is 0 Å². The molecule has 6 heteroatoms. The van der Waals surface area contributed by atoms with Gasteiger partial charge in [0.2, 0.25) is 10.0 Å². The zero-order valence-corrected chi connectivity index (χ0v) is 11.5. The Kier molecular flexibility index (Phi) is 5.58. The number of aliphatic hydroxyl groups excluding tert-OH is 1. The average Bonchev–Trinajstić information content (AvgIpc) is 2.36. The van der Waals surface area contributed by atoms with Gasteiger partial charge in [-0.3, -0.25) is 0 Å². The highest BCUT2D eigenvalue weighted by molar-refractivity contribution is 7.89. The summed E-state index contributed by atoms with van der Waals surface area (Å²) >= 11 is 0. The quantitative estimate of drug-likeness (QED) is 0.696. The van der Waals surface area contributed by atoms with E-state index in [1.165, 1.54) is 0 Å². The van der Waals surface area contributed by atoms with Crippen molar-refractivity contribution in [2.24, 2.45) is 0 Å². The van der Waals surface area contributed by atoms with Crippen LogP contribution < -0.4 is 10.0 Å². The van der Waals surface area contributed by atoms with Crippen LogP contribution in [0.2, 0.25) is 0 Å². The molecule has 0 heterocycles. The molecule has 0 saturated carbocycles. The van der Waals surface area contributed by atoms with Crippen molar-refractivity contribution in [3.8, 4) is 0 Å². The summed E-state index contributed by atoms with van der Waals surface area (Å²) in [6, 6.07) is 6.66. The summed E-state index contributed by atoms with van der Waals surface area (Å²) in [6.45, 7) is 4.27. The van der Waals surface area contributed by atoms with Crippen LogP contribution in [-0.4, -0.2) is 32.7 Å². The second kappa shape index (κ2) is 6.72. The predicted molar refractivity (Wildman–Crippen MR) is 72.1 cm³/mol. The van der Waals surface area contributed by atoms with Gasteiger partial charge in [0.1, 0.15) is 4.90 Å². The summed E-state index contributed by atoms with van der Waals surface area (Å²) in [4.78, 5) is 0.204. The van der Waals surface area contributed by atoms with Crippen LogP contribution in [0.3, 0.4) is 0 Å². The van der Waals surface area contributed by atoms with E-state index in [4.69, 9.17) is 0 Å². The first-order valence-corrected chi connectivity index (χ1v) is 7.50. The molecule has 1 unspecified atom stereocenters. The molecule has 5 nitrogen and oxygen atoms in total. The molecular formula is C12H20N2O3S. The Hall–Kier alpha value is -1.11. The number of aliphatic hydroxyl groups is 1. The molecule has 1 aromatic carbocycles. The van der Waals surface area contributed by atoms with Gasteiger partial charge in [0, 0.05) is 13.1 Å². The maximum atomic E-state index is 12.0. The fourth-order valence-corrected chi connectivity index (χ4v) is 2.71. The maximum Gasteiger partial charge on any atom is 0.242 e. The van der Waals surface area contributed by atoms with Crippen LogP contribution in [0.1, 0.15) is 20.3 Å². The van der Waals surface area contributed by atoms with Crippen LogP contribution in [0.15, 0.2) is 29.2 Å². The lowest BCUT2D eigenvalue weighted by Gasteiger charge is -2.14. The van der Waals surface area contributed by atoms with Crippen molar-refractivity contribution in [2.45, 2.75) is 31.3 Å². The van der Waals surface area contributed by atoms with Crippen LogP contribution >= 0.6 is 0 Å². The van der Waals surface area contributed by atoms with Gasteiger partial charge >= 0.3 is 0 Å². The van der Waals surface area contributed by atoms with E-state index in [1.54, 1.807) is 31.2 Å². The number of nitrogens with one attached hydrogen (secondary N) is 2. The minimum Gasteiger partial charge on any atom is -0.391 e. The Balaban J connectivity index is 2.93. The van der Waals surface area contributed by atoms with Gasteiger partial charge in [-0.05, 0) is 18.6 Å². The van der Waals surface area contributed by atoms with E-state index in [0.717, 1.165) is 0 Å². The molecule has 0 amide bonds. The van der Waals surface area contributed by atoms with E-state index in [0.29, 0.717) is 25.2 Å². The largest absolute Gasteiger partial charge is 0.391 e. The minimum atomic E-state index is -3.49. The fourth-order valence-electron chi connectivity index (χ4n) is 1.49. The smallest absolute Gasteiger partial charge is 0.242 e. The van der Waals surface area contributed by atoms with Crippen molar-refractivity contribution < 1.29 is 13.5 Å². The third-order valence-corrected chi connectivity index (χ3v) is 4.11. The van der Waals surface area contributed by atoms with Gasteiger partial charge in [-0.25, -0.2) is 13.1 Å². The molecule has 102 valence electrons. The van der Waals surface area contributed by atoms with Gasteiger partial charge in [-0.2, -0.15) is 0 Å². The van der Waals surface area contributed by atoms with E-state index in [9.17, 15) is 13.5 Å². The Bertz CT molecular complexity index is 474. The zero-order valence-electron chi connectivity index (χ0n) is 10.7. The highest BCUT2D eigenvalue weighted by Crippen LogP contribution is 2.20. The average molecular weight is 272 g/mol. The Morgan fingerprint density at radius 2 is 1.94 bits per heavy atom. The molecule has 0 aliphatic heterocycles. The molecule has 0 fully saturated rings. The van der Waals surface area contributed by atoms with E-state index in [2.05, 4.69) is 10.0 Å².